The van der Waals surface area contributed by atoms with Gasteiger partial charge in [0.2, 0.25) is 0 Å². The molecule has 182 valence electrons. The summed E-state index contributed by atoms with van der Waals surface area (Å²) in [5.74, 6) is 1.19. The number of rotatable bonds is 6. The zero-order chi connectivity index (χ0) is 24.7. The van der Waals surface area contributed by atoms with Gasteiger partial charge in [-0.1, -0.05) is 11.6 Å². The second kappa shape index (κ2) is 9.46. The summed E-state index contributed by atoms with van der Waals surface area (Å²) in [6.07, 6.45) is 7.43. The highest BCUT2D eigenvalue weighted by molar-refractivity contribution is 6.29. The highest BCUT2D eigenvalue weighted by atomic mass is 35.5. The number of aryl methyl sites for hydroxylation is 1. The summed E-state index contributed by atoms with van der Waals surface area (Å²) in [5, 5.41) is 10.2. The fourth-order valence-electron chi connectivity index (χ4n) is 5.30. The molecule has 2 fully saturated rings. The lowest BCUT2D eigenvalue weighted by atomic mass is 9.88. The predicted molar refractivity (Wildman–Crippen MR) is 135 cm³/mol. The van der Waals surface area contributed by atoms with Gasteiger partial charge in [0.05, 0.1) is 17.4 Å². The molecule has 2 aliphatic carbocycles. The number of halogens is 2. The number of hydrogen-bond acceptors (Lipinski definition) is 6. The van der Waals surface area contributed by atoms with Crippen LogP contribution in [0, 0.1) is 23.1 Å². The van der Waals surface area contributed by atoms with Gasteiger partial charge in [-0.25, -0.2) is 14.4 Å². The molecule has 3 aromatic rings. The van der Waals surface area contributed by atoms with Crippen molar-refractivity contribution in [3.05, 3.63) is 57.3 Å². The molecule has 0 atom stereocenters. The summed E-state index contributed by atoms with van der Waals surface area (Å²) < 4.78 is 14.9. The van der Waals surface area contributed by atoms with E-state index in [4.69, 9.17) is 11.6 Å². The third kappa shape index (κ3) is 4.57. The van der Waals surface area contributed by atoms with Gasteiger partial charge in [0.25, 0.3) is 5.56 Å². The minimum Gasteiger partial charge on any atom is -0.369 e. The molecule has 2 saturated carbocycles. The standard InChI is InChI=1S/C26H28ClFN6O/c1-32(25-20(13-29)26(35)33(2)21-10-11-22(27)31-24(21)25)18-6-8-19(9-7-18)34(15-16-3-4-16)23-12-5-17(28)14-30-23/h5,10-12,14,16,18-19H,3-4,6-9,15H2,1-2H3. The van der Waals surface area contributed by atoms with E-state index in [0.717, 1.165) is 38.0 Å². The van der Waals surface area contributed by atoms with E-state index >= 15 is 0 Å². The molecular formula is C26H28ClFN6O. The monoisotopic (exact) mass is 494 g/mol. The average molecular weight is 495 g/mol. The first-order valence-electron chi connectivity index (χ1n) is 12.1. The van der Waals surface area contributed by atoms with Crippen molar-refractivity contribution >= 4 is 34.1 Å². The molecule has 0 unspecified atom stereocenters. The van der Waals surface area contributed by atoms with Gasteiger partial charge in [0.15, 0.2) is 0 Å². The number of fused-ring (bicyclic) bond motifs is 1. The number of nitriles is 1. The van der Waals surface area contributed by atoms with Gasteiger partial charge < -0.3 is 14.4 Å². The average Bonchev–Trinajstić information content (AvgIpc) is 3.69. The van der Waals surface area contributed by atoms with Crippen molar-refractivity contribution < 1.29 is 4.39 Å². The van der Waals surface area contributed by atoms with Gasteiger partial charge in [-0.15, -0.1) is 0 Å². The third-order valence-electron chi connectivity index (χ3n) is 7.46. The topological polar surface area (TPSA) is 78.0 Å². The van der Waals surface area contributed by atoms with E-state index < -0.39 is 0 Å². The maximum absolute atomic E-state index is 13.5. The highest BCUT2D eigenvalue weighted by Gasteiger charge is 2.34. The summed E-state index contributed by atoms with van der Waals surface area (Å²) >= 11 is 6.20. The van der Waals surface area contributed by atoms with Crippen LogP contribution < -0.4 is 15.4 Å². The number of anilines is 2. The van der Waals surface area contributed by atoms with Gasteiger partial charge in [-0.2, -0.15) is 5.26 Å². The predicted octanol–water partition coefficient (Wildman–Crippen LogP) is 4.66. The van der Waals surface area contributed by atoms with Crippen molar-refractivity contribution in [1.82, 2.24) is 14.5 Å². The van der Waals surface area contributed by atoms with E-state index in [1.54, 1.807) is 25.2 Å². The Labute approximate surface area is 208 Å². The third-order valence-corrected chi connectivity index (χ3v) is 7.67. The summed E-state index contributed by atoms with van der Waals surface area (Å²) in [6.45, 7) is 0.949. The summed E-state index contributed by atoms with van der Waals surface area (Å²) in [4.78, 5) is 26.2. The van der Waals surface area contributed by atoms with Gasteiger partial charge >= 0.3 is 0 Å². The number of aromatic nitrogens is 3. The SMILES string of the molecule is CN(c1c(C#N)c(=O)n(C)c2ccc(Cl)nc12)C1CCC(N(CC2CC2)c2ccc(F)cn2)CC1. The molecule has 0 bridgehead atoms. The first-order valence-corrected chi connectivity index (χ1v) is 12.5. The Bertz CT molecular complexity index is 1340. The van der Waals surface area contributed by atoms with Crippen LogP contribution in [-0.4, -0.2) is 40.2 Å². The van der Waals surface area contributed by atoms with Crippen molar-refractivity contribution in [3.8, 4) is 6.07 Å². The normalized spacial score (nSPS) is 20.0. The van der Waals surface area contributed by atoms with E-state index in [-0.39, 0.29) is 23.0 Å². The maximum atomic E-state index is 13.5. The lowest BCUT2D eigenvalue weighted by Crippen LogP contribution is -2.45. The Balaban J connectivity index is 1.41. The Morgan fingerprint density at radius 2 is 1.86 bits per heavy atom. The van der Waals surface area contributed by atoms with Crippen LogP contribution in [0.15, 0.2) is 35.3 Å². The highest BCUT2D eigenvalue weighted by Crippen LogP contribution is 2.37. The lowest BCUT2D eigenvalue weighted by Gasteiger charge is -2.41. The molecule has 7 nitrogen and oxygen atoms in total. The van der Waals surface area contributed by atoms with Crippen molar-refractivity contribution in [2.24, 2.45) is 13.0 Å². The maximum Gasteiger partial charge on any atom is 0.270 e. The van der Waals surface area contributed by atoms with Gasteiger partial charge in [0.1, 0.15) is 33.9 Å². The Morgan fingerprint density at radius 1 is 1.14 bits per heavy atom. The van der Waals surface area contributed by atoms with Crippen molar-refractivity contribution in [3.63, 3.8) is 0 Å². The Kier molecular flexibility index (Phi) is 6.37. The minimum atomic E-state index is -0.336. The molecule has 0 N–H and O–H groups in total. The first-order chi connectivity index (χ1) is 16.9. The molecule has 2 aliphatic rings. The minimum absolute atomic E-state index is 0.0882. The molecule has 0 amide bonds. The fraction of sp³-hybridized carbons (Fsp3) is 0.462. The molecule has 35 heavy (non-hydrogen) atoms. The molecule has 5 rings (SSSR count). The van der Waals surface area contributed by atoms with Crippen LogP contribution in [0.2, 0.25) is 5.15 Å². The van der Waals surface area contributed by atoms with Crippen LogP contribution in [-0.2, 0) is 7.05 Å². The Hall–Kier alpha value is -3.18. The first kappa shape index (κ1) is 23.6. The molecular weight excluding hydrogens is 467 g/mol. The van der Waals surface area contributed by atoms with Crippen LogP contribution in [0.4, 0.5) is 15.9 Å². The fourth-order valence-corrected chi connectivity index (χ4v) is 5.45. The lowest BCUT2D eigenvalue weighted by molar-refractivity contribution is 0.363. The molecule has 0 spiro atoms. The summed E-state index contributed by atoms with van der Waals surface area (Å²) in [6, 6.07) is 9.26. The zero-order valence-corrected chi connectivity index (χ0v) is 20.7. The number of hydrogen-bond donors (Lipinski definition) is 0. The smallest absolute Gasteiger partial charge is 0.270 e. The molecule has 9 heteroatoms. The molecule has 0 saturated heterocycles. The van der Waals surface area contributed by atoms with Crippen LogP contribution in [0.3, 0.4) is 0 Å². The molecule has 3 heterocycles. The summed E-state index contributed by atoms with van der Waals surface area (Å²) in [5.41, 5.74) is 1.51. The van der Waals surface area contributed by atoms with Crippen LogP contribution in [0.5, 0.6) is 0 Å². The van der Waals surface area contributed by atoms with Crippen molar-refractivity contribution in [1.29, 1.82) is 5.26 Å². The van der Waals surface area contributed by atoms with Crippen molar-refractivity contribution in [2.75, 3.05) is 23.4 Å². The van der Waals surface area contributed by atoms with E-state index in [0.29, 0.717) is 33.8 Å². The Morgan fingerprint density at radius 3 is 2.49 bits per heavy atom. The molecule has 0 aliphatic heterocycles. The molecule has 0 radical (unpaired) electrons. The largest absolute Gasteiger partial charge is 0.369 e. The molecule has 0 aromatic carbocycles. The quantitative estimate of drug-likeness (QED) is 0.464. The van der Waals surface area contributed by atoms with E-state index in [9.17, 15) is 14.4 Å². The van der Waals surface area contributed by atoms with E-state index in [2.05, 4.69) is 20.9 Å². The second-order valence-corrected chi connectivity index (χ2v) is 10.1. The van der Waals surface area contributed by atoms with E-state index in [1.807, 2.05) is 11.9 Å². The summed E-state index contributed by atoms with van der Waals surface area (Å²) in [7, 11) is 3.58. The van der Waals surface area contributed by atoms with Crippen molar-refractivity contribution in [2.45, 2.75) is 50.6 Å². The second-order valence-electron chi connectivity index (χ2n) is 9.70. The van der Waals surface area contributed by atoms with Gasteiger partial charge in [0, 0.05) is 32.7 Å². The van der Waals surface area contributed by atoms with Crippen LogP contribution >= 0.6 is 11.6 Å². The van der Waals surface area contributed by atoms with E-state index in [1.165, 1.54) is 29.7 Å². The van der Waals surface area contributed by atoms with Crippen LogP contribution in [0.25, 0.3) is 11.0 Å². The molecule has 3 aromatic heterocycles. The number of nitrogens with zero attached hydrogens (tertiary/aromatic N) is 6. The van der Waals surface area contributed by atoms with Crippen LogP contribution in [0.1, 0.15) is 44.1 Å². The number of pyridine rings is 3. The van der Waals surface area contributed by atoms with Gasteiger partial charge in [-0.05, 0) is 68.7 Å². The zero-order valence-electron chi connectivity index (χ0n) is 19.9. The van der Waals surface area contributed by atoms with Gasteiger partial charge in [-0.3, -0.25) is 4.79 Å².